The second-order valence-electron chi connectivity index (χ2n) is 3.00. The molecule has 4 nitrogen and oxygen atoms in total. The number of hydrogen-bond donors (Lipinski definition) is 3. The van der Waals surface area contributed by atoms with Crippen LogP contribution < -0.4 is 10.6 Å². The standard InChI is InChI=1S/C7H16N2O2S/c10-12(11)6-5-9-7-1-3-8-4-2-7/h7-9H,1-6H2,(H,10,11). The molecule has 1 saturated heterocycles. The van der Waals surface area contributed by atoms with Crippen LogP contribution in [0.1, 0.15) is 12.8 Å². The molecule has 0 spiro atoms. The van der Waals surface area contributed by atoms with Crippen LogP contribution in [0.2, 0.25) is 0 Å². The summed E-state index contributed by atoms with van der Waals surface area (Å²) < 4.78 is 18.8. The Morgan fingerprint density at radius 3 is 2.75 bits per heavy atom. The van der Waals surface area contributed by atoms with Crippen molar-refractivity contribution in [2.24, 2.45) is 0 Å². The summed E-state index contributed by atoms with van der Waals surface area (Å²) >= 11 is -1.65. The molecule has 5 heteroatoms. The normalized spacial score (nSPS) is 22.4. The Balaban J connectivity index is 2.01. The Bertz CT molecular complexity index is 148. The molecule has 1 aliphatic rings. The maximum absolute atomic E-state index is 10.3. The van der Waals surface area contributed by atoms with E-state index in [-0.39, 0.29) is 0 Å². The van der Waals surface area contributed by atoms with E-state index >= 15 is 0 Å². The van der Waals surface area contributed by atoms with Crippen LogP contribution in [0.5, 0.6) is 0 Å². The van der Waals surface area contributed by atoms with Crippen molar-refractivity contribution in [3.05, 3.63) is 0 Å². The Kier molecular flexibility index (Phi) is 4.75. The van der Waals surface area contributed by atoms with E-state index in [1.165, 1.54) is 0 Å². The first-order chi connectivity index (χ1) is 5.79. The molecule has 72 valence electrons. The van der Waals surface area contributed by atoms with Crippen molar-refractivity contribution in [1.82, 2.24) is 10.6 Å². The van der Waals surface area contributed by atoms with Crippen molar-refractivity contribution in [2.45, 2.75) is 18.9 Å². The lowest BCUT2D eigenvalue weighted by Crippen LogP contribution is -2.41. The number of piperidine rings is 1. The highest BCUT2D eigenvalue weighted by Gasteiger charge is 2.11. The zero-order valence-corrected chi connectivity index (χ0v) is 7.90. The molecule has 0 aromatic carbocycles. The molecule has 12 heavy (non-hydrogen) atoms. The summed E-state index contributed by atoms with van der Waals surface area (Å²) in [4.78, 5) is 0. The highest BCUT2D eigenvalue weighted by molar-refractivity contribution is 7.79. The van der Waals surface area contributed by atoms with Gasteiger partial charge >= 0.3 is 0 Å². The van der Waals surface area contributed by atoms with Crippen LogP contribution in [0, 0.1) is 0 Å². The summed E-state index contributed by atoms with van der Waals surface area (Å²) in [6.45, 7) is 2.76. The van der Waals surface area contributed by atoms with Gasteiger partial charge in [0, 0.05) is 12.6 Å². The molecule has 1 fully saturated rings. The molecule has 0 aliphatic carbocycles. The van der Waals surface area contributed by atoms with Crippen LogP contribution in [-0.4, -0.2) is 40.2 Å². The minimum absolute atomic E-state index is 0.337. The number of nitrogens with one attached hydrogen (secondary N) is 2. The van der Waals surface area contributed by atoms with Gasteiger partial charge in [0.1, 0.15) is 0 Å². The molecular weight excluding hydrogens is 176 g/mol. The van der Waals surface area contributed by atoms with E-state index in [9.17, 15) is 4.21 Å². The van der Waals surface area contributed by atoms with Crippen molar-refractivity contribution in [2.75, 3.05) is 25.4 Å². The third kappa shape index (κ3) is 4.15. The van der Waals surface area contributed by atoms with E-state index in [2.05, 4.69) is 10.6 Å². The van der Waals surface area contributed by atoms with Gasteiger partial charge in [0.05, 0.1) is 5.75 Å². The molecule has 3 N–H and O–H groups in total. The van der Waals surface area contributed by atoms with Gasteiger partial charge in [-0.1, -0.05) is 0 Å². The molecule has 0 aromatic heterocycles. The van der Waals surface area contributed by atoms with Gasteiger partial charge in [-0.15, -0.1) is 0 Å². The second-order valence-corrected chi connectivity index (χ2v) is 4.06. The number of rotatable bonds is 4. The average molecular weight is 192 g/mol. The lowest BCUT2D eigenvalue weighted by atomic mass is 10.1. The van der Waals surface area contributed by atoms with E-state index < -0.39 is 11.1 Å². The molecule has 0 amide bonds. The van der Waals surface area contributed by atoms with E-state index in [0.717, 1.165) is 25.9 Å². The summed E-state index contributed by atoms with van der Waals surface area (Å²) in [5.74, 6) is 0.337. The van der Waals surface area contributed by atoms with Gasteiger partial charge in [0.2, 0.25) is 0 Å². The minimum Gasteiger partial charge on any atom is -0.317 e. The van der Waals surface area contributed by atoms with Crippen molar-refractivity contribution in [3.63, 3.8) is 0 Å². The fourth-order valence-corrected chi connectivity index (χ4v) is 1.67. The molecule has 0 aromatic rings. The SMILES string of the molecule is O=S(O)CCNC1CCNCC1. The Morgan fingerprint density at radius 1 is 1.50 bits per heavy atom. The lowest BCUT2D eigenvalue weighted by Gasteiger charge is -2.23. The zero-order chi connectivity index (χ0) is 8.81. The maximum Gasteiger partial charge on any atom is 0.154 e. The monoisotopic (exact) mass is 192 g/mol. The van der Waals surface area contributed by atoms with Crippen LogP contribution >= 0.6 is 0 Å². The number of hydrogen-bond acceptors (Lipinski definition) is 3. The van der Waals surface area contributed by atoms with Gasteiger partial charge < -0.3 is 15.2 Å². The predicted octanol–water partition coefficient (Wildman–Crippen LogP) is -0.450. The van der Waals surface area contributed by atoms with E-state index in [1.54, 1.807) is 0 Å². The zero-order valence-electron chi connectivity index (χ0n) is 7.08. The fourth-order valence-electron chi connectivity index (χ4n) is 1.38. The molecule has 1 heterocycles. The van der Waals surface area contributed by atoms with E-state index in [4.69, 9.17) is 4.55 Å². The molecule has 1 atom stereocenters. The molecule has 1 rings (SSSR count). The Labute approximate surface area is 75.4 Å². The highest BCUT2D eigenvalue weighted by atomic mass is 32.2. The fraction of sp³-hybridized carbons (Fsp3) is 1.00. The van der Waals surface area contributed by atoms with Crippen molar-refractivity contribution in [1.29, 1.82) is 0 Å². The van der Waals surface area contributed by atoms with Crippen molar-refractivity contribution in [3.8, 4) is 0 Å². The second kappa shape index (κ2) is 5.64. The largest absolute Gasteiger partial charge is 0.317 e. The van der Waals surface area contributed by atoms with Crippen LogP contribution in [0.25, 0.3) is 0 Å². The molecule has 0 saturated carbocycles. The predicted molar refractivity (Wildman–Crippen MR) is 49.5 cm³/mol. The van der Waals surface area contributed by atoms with Gasteiger partial charge in [-0.25, -0.2) is 4.21 Å². The Morgan fingerprint density at radius 2 is 2.17 bits per heavy atom. The summed E-state index contributed by atoms with van der Waals surface area (Å²) in [5, 5.41) is 6.52. The quantitative estimate of drug-likeness (QED) is 0.528. The highest BCUT2D eigenvalue weighted by Crippen LogP contribution is 2.00. The first-order valence-corrected chi connectivity index (χ1v) is 5.58. The molecule has 0 radical (unpaired) electrons. The molecule has 1 aliphatic heterocycles. The third-order valence-electron chi connectivity index (χ3n) is 2.05. The summed E-state index contributed by atoms with van der Waals surface area (Å²) in [5.41, 5.74) is 0. The molecule has 0 bridgehead atoms. The van der Waals surface area contributed by atoms with E-state index in [0.29, 0.717) is 18.3 Å². The van der Waals surface area contributed by atoms with Crippen molar-refractivity contribution < 1.29 is 8.76 Å². The van der Waals surface area contributed by atoms with Crippen LogP contribution in [0.4, 0.5) is 0 Å². The maximum atomic E-state index is 10.3. The van der Waals surface area contributed by atoms with Gasteiger partial charge in [0.15, 0.2) is 11.1 Å². The first-order valence-electron chi connectivity index (χ1n) is 4.30. The van der Waals surface area contributed by atoms with Crippen LogP contribution in [-0.2, 0) is 11.1 Å². The Hall–Kier alpha value is 0.0300. The smallest absolute Gasteiger partial charge is 0.154 e. The minimum atomic E-state index is -1.65. The van der Waals surface area contributed by atoms with Gasteiger partial charge in [-0.2, -0.15) is 0 Å². The van der Waals surface area contributed by atoms with E-state index in [1.807, 2.05) is 0 Å². The first kappa shape index (κ1) is 10.1. The van der Waals surface area contributed by atoms with Crippen molar-refractivity contribution >= 4 is 11.1 Å². The summed E-state index contributed by atoms with van der Waals surface area (Å²) in [7, 11) is 0. The lowest BCUT2D eigenvalue weighted by molar-refractivity contribution is 0.394. The van der Waals surface area contributed by atoms with Gasteiger partial charge in [-0.05, 0) is 25.9 Å². The topological polar surface area (TPSA) is 61.4 Å². The van der Waals surface area contributed by atoms with Gasteiger partial charge in [0.25, 0.3) is 0 Å². The summed E-state index contributed by atoms with van der Waals surface area (Å²) in [6.07, 6.45) is 2.25. The van der Waals surface area contributed by atoms with Crippen LogP contribution in [0.15, 0.2) is 0 Å². The third-order valence-corrected chi connectivity index (χ3v) is 2.60. The molecule has 1 unspecified atom stereocenters. The van der Waals surface area contributed by atoms with Gasteiger partial charge in [-0.3, -0.25) is 0 Å². The van der Waals surface area contributed by atoms with Crippen LogP contribution in [0.3, 0.4) is 0 Å². The summed E-state index contributed by atoms with van der Waals surface area (Å²) in [6, 6.07) is 0.537. The molecular formula is C7H16N2O2S. The average Bonchev–Trinajstić information content (AvgIpc) is 2.05.